The Labute approximate surface area is 156 Å². The summed E-state index contributed by atoms with van der Waals surface area (Å²) < 4.78 is 5.73. The van der Waals surface area contributed by atoms with Crippen molar-refractivity contribution in [2.24, 2.45) is 0 Å². The summed E-state index contributed by atoms with van der Waals surface area (Å²) in [5, 5.41) is 39.3. The second-order valence-corrected chi connectivity index (χ2v) is 6.14. The first-order valence-corrected chi connectivity index (χ1v) is 8.31. The van der Waals surface area contributed by atoms with Crippen molar-refractivity contribution in [2.75, 3.05) is 5.32 Å². The molecule has 1 heterocycles. The summed E-state index contributed by atoms with van der Waals surface area (Å²) in [6.07, 6.45) is -0.796. The minimum absolute atomic E-state index is 0.242. The monoisotopic (exact) mass is 359 g/mol. The molecule has 0 aliphatic carbocycles. The predicted octanol–water partition coefficient (Wildman–Crippen LogP) is 3.32. The molecule has 134 valence electrons. The topological polar surface area (TPSA) is 119 Å². The van der Waals surface area contributed by atoms with Gasteiger partial charge in [-0.25, -0.2) is 0 Å². The summed E-state index contributed by atoms with van der Waals surface area (Å²) in [5.74, 6) is 0.546. The third-order valence-electron chi connectivity index (χ3n) is 4.12. The van der Waals surface area contributed by atoms with Gasteiger partial charge in [0, 0.05) is 11.3 Å². The van der Waals surface area contributed by atoms with Gasteiger partial charge in [0.25, 0.3) is 0 Å². The maximum absolute atomic E-state index is 10.2. The molecule has 2 aromatic carbocycles. The number of aliphatic hydroxyl groups is 1. The second kappa shape index (κ2) is 7.69. The number of hydrogen-bond donors (Lipinski definition) is 2. The molecule has 3 rings (SSSR count). The molecule has 0 radical (unpaired) electrons. The largest absolute Gasteiger partial charge is 0.418 e. The fraction of sp³-hybridized carbons (Fsp3) is 0.200. The van der Waals surface area contributed by atoms with Gasteiger partial charge in [0.15, 0.2) is 0 Å². The van der Waals surface area contributed by atoms with E-state index in [-0.39, 0.29) is 5.89 Å². The maximum Gasteiger partial charge on any atom is 0.247 e. The van der Waals surface area contributed by atoms with Crippen molar-refractivity contribution < 1.29 is 9.52 Å². The summed E-state index contributed by atoms with van der Waals surface area (Å²) in [6.45, 7) is 3.47. The zero-order valence-electron chi connectivity index (χ0n) is 14.8. The number of anilines is 1. The average molecular weight is 359 g/mol. The fourth-order valence-electron chi connectivity index (χ4n) is 2.61. The maximum atomic E-state index is 10.2. The SMILES string of the molecule is Cc1cc(N[C@@H](c2nnc(-c3ccc(C#N)cc3)o2)[C@H](C)O)ccc1C#N. The van der Waals surface area contributed by atoms with Gasteiger partial charge in [0.1, 0.15) is 6.04 Å². The number of benzene rings is 2. The van der Waals surface area contributed by atoms with E-state index in [2.05, 4.69) is 27.7 Å². The van der Waals surface area contributed by atoms with E-state index >= 15 is 0 Å². The Bertz CT molecular complexity index is 1030. The molecule has 0 bridgehead atoms. The van der Waals surface area contributed by atoms with Gasteiger partial charge in [0.2, 0.25) is 11.8 Å². The van der Waals surface area contributed by atoms with Crippen LogP contribution in [0.3, 0.4) is 0 Å². The van der Waals surface area contributed by atoms with Crippen molar-refractivity contribution in [3.8, 4) is 23.6 Å². The van der Waals surface area contributed by atoms with Gasteiger partial charge in [-0.2, -0.15) is 10.5 Å². The first-order chi connectivity index (χ1) is 13.0. The van der Waals surface area contributed by atoms with Crippen LogP contribution in [0.1, 0.15) is 35.5 Å². The van der Waals surface area contributed by atoms with Crippen LogP contribution < -0.4 is 5.32 Å². The molecule has 0 amide bonds. The third kappa shape index (κ3) is 3.95. The first-order valence-electron chi connectivity index (χ1n) is 8.31. The second-order valence-electron chi connectivity index (χ2n) is 6.14. The summed E-state index contributed by atoms with van der Waals surface area (Å²) in [6, 6.07) is 15.7. The third-order valence-corrected chi connectivity index (χ3v) is 4.12. The molecule has 0 spiro atoms. The van der Waals surface area contributed by atoms with Crippen LogP contribution in [0.2, 0.25) is 0 Å². The molecule has 7 heteroatoms. The molecule has 27 heavy (non-hydrogen) atoms. The van der Waals surface area contributed by atoms with Crippen LogP contribution in [0.4, 0.5) is 5.69 Å². The van der Waals surface area contributed by atoms with Gasteiger partial charge < -0.3 is 14.8 Å². The van der Waals surface area contributed by atoms with Crippen molar-refractivity contribution in [2.45, 2.75) is 26.0 Å². The van der Waals surface area contributed by atoms with Gasteiger partial charge in [-0.3, -0.25) is 0 Å². The van der Waals surface area contributed by atoms with Crippen molar-refractivity contribution in [3.63, 3.8) is 0 Å². The average Bonchev–Trinajstić information content (AvgIpc) is 3.16. The zero-order chi connectivity index (χ0) is 19.4. The predicted molar refractivity (Wildman–Crippen MR) is 98.4 cm³/mol. The lowest BCUT2D eigenvalue weighted by molar-refractivity contribution is 0.160. The van der Waals surface area contributed by atoms with Crippen LogP contribution in [0.15, 0.2) is 46.9 Å². The minimum atomic E-state index is -0.796. The number of hydrogen-bond acceptors (Lipinski definition) is 7. The van der Waals surface area contributed by atoms with E-state index in [1.54, 1.807) is 43.3 Å². The number of aryl methyl sites for hydroxylation is 1. The van der Waals surface area contributed by atoms with Crippen molar-refractivity contribution in [3.05, 3.63) is 65.0 Å². The molecule has 0 fully saturated rings. The Morgan fingerprint density at radius 3 is 2.41 bits per heavy atom. The number of aliphatic hydroxyl groups excluding tert-OH is 1. The summed E-state index contributed by atoms with van der Waals surface area (Å²) in [5.41, 5.74) is 3.38. The van der Waals surface area contributed by atoms with E-state index in [4.69, 9.17) is 14.9 Å². The van der Waals surface area contributed by atoms with E-state index in [1.165, 1.54) is 0 Å². The lowest BCUT2D eigenvalue weighted by atomic mass is 10.1. The zero-order valence-corrected chi connectivity index (χ0v) is 14.8. The van der Waals surface area contributed by atoms with Gasteiger partial charge in [-0.05, 0) is 61.9 Å². The van der Waals surface area contributed by atoms with Gasteiger partial charge >= 0.3 is 0 Å². The van der Waals surface area contributed by atoms with Gasteiger partial charge in [0.05, 0.1) is 29.4 Å². The Kier molecular flexibility index (Phi) is 5.16. The highest BCUT2D eigenvalue weighted by atomic mass is 16.4. The van der Waals surface area contributed by atoms with Crippen LogP contribution in [-0.2, 0) is 0 Å². The van der Waals surface area contributed by atoms with Gasteiger partial charge in [-0.1, -0.05) is 0 Å². The quantitative estimate of drug-likeness (QED) is 0.717. The van der Waals surface area contributed by atoms with Crippen LogP contribution >= 0.6 is 0 Å². The van der Waals surface area contributed by atoms with Crippen LogP contribution in [0.25, 0.3) is 11.5 Å². The number of nitrogens with zero attached hydrogens (tertiary/aromatic N) is 4. The smallest absolute Gasteiger partial charge is 0.247 e. The minimum Gasteiger partial charge on any atom is -0.418 e. The van der Waals surface area contributed by atoms with E-state index in [0.29, 0.717) is 22.6 Å². The molecule has 3 aromatic rings. The highest BCUT2D eigenvalue weighted by Gasteiger charge is 2.24. The van der Waals surface area contributed by atoms with Gasteiger partial charge in [-0.15, -0.1) is 10.2 Å². The molecule has 0 aliphatic rings. The van der Waals surface area contributed by atoms with Crippen molar-refractivity contribution >= 4 is 5.69 Å². The molecule has 2 atom stereocenters. The van der Waals surface area contributed by atoms with Crippen LogP contribution in [0.5, 0.6) is 0 Å². The highest BCUT2D eigenvalue weighted by molar-refractivity contribution is 5.55. The number of nitrogens with one attached hydrogen (secondary N) is 1. The Morgan fingerprint density at radius 2 is 1.81 bits per heavy atom. The fourth-order valence-corrected chi connectivity index (χ4v) is 2.61. The van der Waals surface area contributed by atoms with E-state index in [1.807, 2.05) is 13.0 Å². The molecule has 0 saturated carbocycles. The number of rotatable bonds is 5. The Balaban J connectivity index is 1.85. The molecule has 0 saturated heterocycles. The standard InChI is InChI=1S/C20H17N5O2/c1-12-9-17(8-7-16(12)11-22)23-18(13(2)26)20-25-24-19(27-20)15-5-3-14(10-21)4-6-15/h3-9,13,18,23,26H,1-2H3/t13-,18+/m0/s1. The molecule has 0 unspecified atom stereocenters. The molecule has 7 nitrogen and oxygen atoms in total. The first kappa shape index (κ1) is 18.1. The van der Waals surface area contributed by atoms with Crippen molar-refractivity contribution in [1.82, 2.24) is 10.2 Å². The lowest BCUT2D eigenvalue weighted by Crippen LogP contribution is -2.23. The molecule has 2 N–H and O–H groups in total. The Morgan fingerprint density at radius 1 is 1.07 bits per heavy atom. The molecular formula is C20H17N5O2. The Hall–Kier alpha value is -3.68. The van der Waals surface area contributed by atoms with E-state index in [0.717, 1.165) is 11.3 Å². The summed E-state index contributed by atoms with van der Waals surface area (Å²) in [7, 11) is 0. The van der Waals surface area contributed by atoms with Crippen LogP contribution in [0, 0.1) is 29.6 Å². The number of aromatic nitrogens is 2. The normalized spacial score (nSPS) is 12.6. The molecule has 0 aliphatic heterocycles. The number of nitriles is 2. The van der Waals surface area contributed by atoms with E-state index < -0.39 is 12.1 Å². The molecule has 1 aromatic heterocycles. The molecular weight excluding hydrogens is 342 g/mol. The lowest BCUT2D eigenvalue weighted by Gasteiger charge is -2.19. The highest BCUT2D eigenvalue weighted by Crippen LogP contribution is 2.26. The summed E-state index contributed by atoms with van der Waals surface area (Å²) in [4.78, 5) is 0. The summed E-state index contributed by atoms with van der Waals surface area (Å²) >= 11 is 0. The van der Waals surface area contributed by atoms with E-state index in [9.17, 15) is 5.11 Å². The van der Waals surface area contributed by atoms with Crippen LogP contribution in [-0.4, -0.2) is 21.4 Å². The van der Waals surface area contributed by atoms with Crippen molar-refractivity contribution in [1.29, 1.82) is 10.5 Å².